The fraction of sp³-hybridized carbons (Fsp3) is 0.562. The van der Waals surface area contributed by atoms with E-state index >= 15 is 0 Å². The number of carbonyl (C=O) groups is 1. The number of nitrogens with zero attached hydrogens (tertiary/aromatic N) is 1. The number of urea groups is 1. The lowest BCUT2D eigenvalue weighted by molar-refractivity contribution is -0.137. The number of benzene rings is 1. The van der Waals surface area contributed by atoms with E-state index < -0.39 is 11.7 Å². The molecule has 1 N–H and O–H groups in total. The minimum absolute atomic E-state index is 0.124. The molecule has 0 radical (unpaired) electrons. The molecule has 1 aromatic carbocycles. The fourth-order valence-corrected chi connectivity index (χ4v) is 2.60. The molecule has 1 aliphatic heterocycles. The Morgan fingerprint density at radius 1 is 1.39 bits per heavy atom. The van der Waals surface area contributed by atoms with Crippen molar-refractivity contribution in [2.75, 3.05) is 33.4 Å². The Balaban J connectivity index is 1.75. The zero-order valence-corrected chi connectivity index (χ0v) is 13.0. The zero-order valence-electron chi connectivity index (χ0n) is 13.0. The summed E-state index contributed by atoms with van der Waals surface area (Å²) in [6.07, 6.45) is -3.01. The van der Waals surface area contributed by atoms with E-state index in [9.17, 15) is 18.0 Å². The lowest BCUT2D eigenvalue weighted by Gasteiger charge is -2.39. The third-order valence-electron chi connectivity index (χ3n) is 3.82. The lowest BCUT2D eigenvalue weighted by Crippen LogP contribution is -2.54. The first-order valence-electron chi connectivity index (χ1n) is 7.58. The molecule has 0 unspecified atom stereocenters. The largest absolute Gasteiger partial charge is 0.416 e. The van der Waals surface area contributed by atoms with Crippen LogP contribution < -0.4 is 5.32 Å². The van der Waals surface area contributed by atoms with E-state index in [-0.39, 0.29) is 11.9 Å². The topological polar surface area (TPSA) is 41.6 Å². The molecule has 0 aliphatic carbocycles. The Morgan fingerprint density at radius 3 is 2.78 bits per heavy atom. The minimum atomic E-state index is -4.32. The predicted molar refractivity (Wildman–Crippen MR) is 80.1 cm³/mol. The average molecular weight is 330 g/mol. The highest BCUT2D eigenvalue weighted by Crippen LogP contribution is 2.30. The van der Waals surface area contributed by atoms with Gasteiger partial charge in [-0.25, -0.2) is 4.79 Å². The van der Waals surface area contributed by atoms with E-state index in [2.05, 4.69) is 5.32 Å². The van der Waals surface area contributed by atoms with Gasteiger partial charge in [0.15, 0.2) is 0 Å². The van der Waals surface area contributed by atoms with Gasteiger partial charge in [-0.05, 0) is 30.4 Å². The number of ether oxygens (including phenoxy) is 1. The van der Waals surface area contributed by atoms with Gasteiger partial charge in [0.2, 0.25) is 0 Å². The Hall–Kier alpha value is -1.76. The third-order valence-corrected chi connectivity index (χ3v) is 3.82. The van der Waals surface area contributed by atoms with Crippen molar-refractivity contribution in [2.24, 2.45) is 5.92 Å². The van der Waals surface area contributed by atoms with Gasteiger partial charge in [-0.2, -0.15) is 13.2 Å². The monoisotopic (exact) mass is 330 g/mol. The van der Waals surface area contributed by atoms with Gasteiger partial charge in [0.05, 0.1) is 5.56 Å². The maximum absolute atomic E-state index is 12.7. The number of amides is 2. The summed E-state index contributed by atoms with van der Waals surface area (Å²) in [4.78, 5) is 13.5. The van der Waals surface area contributed by atoms with Gasteiger partial charge >= 0.3 is 12.2 Å². The van der Waals surface area contributed by atoms with Gasteiger partial charge in [-0.1, -0.05) is 18.2 Å². The standard InChI is InChI=1S/C16H21F3N2O2/c1-23-7-3-6-20-15(22)21-10-13(11-21)8-12-4-2-5-14(9-12)16(17,18)19/h2,4-5,9,13H,3,6-8,10-11H2,1H3,(H,20,22). The molecule has 0 saturated carbocycles. The van der Waals surface area contributed by atoms with Gasteiger partial charge in [-0.15, -0.1) is 0 Å². The highest BCUT2D eigenvalue weighted by Gasteiger charge is 2.32. The molecule has 1 saturated heterocycles. The van der Waals surface area contributed by atoms with E-state index in [0.29, 0.717) is 38.2 Å². The maximum Gasteiger partial charge on any atom is 0.416 e. The summed E-state index contributed by atoms with van der Waals surface area (Å²) in [5, 5.41) is 2.79. The molecule has 7 heteroatoms. The number of alkyl halides is 3. The van der Waals surface area contributed by atoms with Crippen molar-refractivity contribution in [3.63, 3.8) is 0 Å². The number of rotatable bonds is 6. The molecule has 1 fully saturated rings. The Labute approximate surface area is 133 Å². The van der Waals surface area contributed by atoms with E-state index in [1.165, 1.54) is 12.1 Å². The number of halogens is 3. The van der Waals surface area contributed by atoms with E-state index in [1.807, 2.05) is 0 Å². The molecule has 1 aliphatic rings. The van der Waals surface area contributed by atoms with Crippen LogP contribution in [0.25, 0.3) is 0 Å². The molecule has 1 heterocycles. The van der Waals surface area contributed by atoms with E-state index in [4.69, 9.17) is 4.74 Å². The first-order chi connectivity index (χ1) is 10.9. The van der Waals surface area contributed by atoms with Crippen LogP contribution in [0, 0.1) is 5.92 Å². The van der Waals surface area contributed by atoms with Gasteiger partial charge in [-0.3, -0.25) is 0 Å². The van der Waals surface area contributed by atoms with E-state index in [1.54, 1.807) is 18.1 Å². The van der Waals surface area contributed by atoms with Crippen LogP contribution in [-0.2, 0) is 17.3 Å². The molecule has 23 heavy (non-hydrogen) atoms. The van der Waals surface area contributed by atoms with Crippen LogP contribution in [0.1, 0.15) is 17.5 Å². The highest BCUT2D eigenvalue weighted by atomic mass is 19.4. The molecule has 0 atom stereocenters. The molecule has 1 aromatic rings. The van der Waals surface area contributed by atoms with E-state index in [0.717, 1.165) is 12.5 Å². The quantitative estimate of drug-likeness (QED) is 0.815. The van der Waals surface area contributed by atoms with Crippen molar-refractivity contribution < 1.29 is 22.7 Å². The Morgan fingerprint density at radius 2 is 2.13 bits per heavy atom. The molecule has 0 bridgehead atoms. The minimum Gasteiger partial charge on any atom is -0.385 e. The second-order valence-corrected chi connectivity index (χ2v) is 5.75. The molecular formula is C16H21F3N2O2. The molecule has 0 spiro atoms. The number of hydrogen-bond donors (Lipinski definition) is 1. The van der Waals surface area contributed by atoms with Crippen molar-refractivity contribution in [1.82, 2.24) is 10.2 Å². The smallest absolute Gasteiger partial charge is 0.385 e. The number of hydrogen-bond acceptors (Lipinski definition) is 2. The summed E-state index contributed by atoms with van der Waals surface area (Å²) in [6, 6.07) is 5.26. The normalized spacial score (nSPS) is 15.4. The summed E-state index contributed by atoms with van der Waals surface area (Å²) >= 11 is 0. The number of nitrogens with one attached hydrogen (secondary N) is 1. The summed E-state index contributed by atoms with van der Waals surface area (Å²) in [7, 11) is 1.61. The molecule has 2 amide bonds. The zero-order chi connectivity index (χ0) is 16.9. The lowest BCUT2D eigenvalue weighted by atomic mass is 9.92. The summed E-state index contributed by atoms with van der Waals surface area (Å²) in [6.45, 7) is 2.30. The second kappa shape index (κ2) is 7.68. The molecular weight excluding hydrogens is 309 g/mol. The highest BCUT2D eigenvalue weighted by molar-refractivity contribution is 5.75. The van der Waals surface area contributed by atoms with Gasteiger partial charge in [0.25, 0.3) is 0 Å². The van der Waals surface area contributed by atoms with Crippen LogP contribution in [-0.4, -0.2) is 44.3 Å². The van der Waals surface area contributed by atoms with Crippen LogP contribution in [0.4, 0.5) is 18.0 Å². The molecule has 128 valence electrons. The maximum atomic E-state index is 12.7. The van der Waals surface area contributed by atoms with Crippen molar-refractivity contribution in [2.45, 2.75) is 19.0 Å². The fourth-order valence-electron chi connectivity index (χ4n) is 2.60. The predicted octanol–water partition coefficient (Wildman–Crippen LogP) is 2.93. The summed E-state index contributed by atoms with van der Waals surface area (Å²) in [5.74, 6) is 0.211. The first kappa shape index (κ1) is 17.6. The van der Waals surface area contributed by atoms with Gasteiger partial charge in [0, 0.05) is 33.4 Å². The molecule has 4 nitrogen and oxygen atoms in total. The summed E-state index contributed by atoms with van der Waals surface area (Å²) < 4.78 is 42.9. The Kier molecular flexibility index (Phi) is 5.87. The summed E-state index contributed by atoms with van der Waals surface area (Å²) in [5.41, 5.74) is 0.0343. The number of methoxy groups -OCH3 is 1. The van der Waals surface area contributed by atoms with Crippen LogP contribution in [0.15, 0.2) is 24.3 Å². The SMILES string of the molecule is COCCCNC(=O)N1CC(Cc2cccc(C(F)(F)F)c2)C1. The van der Waals surface area contributed by atoms with Crippen molar-refractivity contribution in [3.8, 4) is 0 Å². The Bertz CT molecular complexity index is 528. The van der Waals surface area contributed by atoms with Crippen molar-refractivity contribution in [1.29, 1.82) is 0 Å². The number of carbonyl (C=O) groups excluding carboxylic acids is 1. The number of likely N-dealkylation sites (tertiary alicyclic amines) is 1. The average Bonchev–Trinajstić information content (AvgIpc) is 2.46. The first-order valence-corrected chi connectivity index (χ1v) is 7.58. The van der Waals surface area contributed by atoms with Crippen LogP contribution >= 0.6 is 0 Å². The van der Waals surface area contributed by atoms with Crippen LogP contribution in [0.5, 0.6) is 0 Å². The third kappa shape index (κ3) is 5.13. The van der Waals surface area contributed by atoms with Crippen molar-refractivity contribution in [3.05, 3.63) is 35.4 Å². The van der Waals surface area contributed by atoms with Crippen LogP contribution in [0.2, 0.25) is 0 Å². The molecule has 0 aromatic heterocycles. The van der Waals surface area contributed by atoms with Crippen molar-refractivity contribution >= 4 is 6.03 Å². The second-order valence-electron chi connectivity index (χ2n) is 5.75. The molecule has 2 rings (SSSR count). The van der Waals surface area contributed by atoms with Crippen LogP contribution in [0.3, 0.4) is 0 Å². The van der Waals surface area contributed by atoms with Gasteiger partial charge < -0.3 is 15.0 Å². The van der Waals surface area contributed by atoms with Gasteiger partial charge in [0.1, 0.15) is 0 Å².